The van der Waals surface area contributed by atoms with Crippen LogP contribution in [0.1, 0.15) is 64.2 Å². The molecule has 1 aliphatic heterocycles. The van der Waals surface area contributed by atoms with E-state index in [-0.39, 0.29) is 0 Å². The van der Waals surface area contributed by atoms with E-state index in [1.165, 1.54) is 0 Å². The van der Waals surface area contributed by atoms with Crippen LogP contribution < -0.4 is 5.32 Å². The van der Waals surface area contributed by atoms with E-state index in [0.717, 1.165) is 48.3 Å². The van der Waals surface area contributed by atoms with Gasteiger partial charge in [0, 0.05) is 12.1 Å². The van der Waals surface area contributed by atoms with Gasteiger partial charge in [-0.3, -0.25) is 29.0 Å². The zero-order chi connectivity index (χ0) is 21.9. The number of rotatable bonds is 6. The van der Waals surface area contributed by atoms with Crippen molar-refractivity contribution >= 4 is 29.7 Å². The number of aliphatic carboxylic acids is 1. The first-order valence-corrected chi connectivity index (χ1v) is 10.4. The molecule has 166 valence electrons. The molecule has 0 unspecified atom stereocenters. The van der Waals surface area contributed by atoms with Crippen LogP contribution in [0.15, 0.2) is 0 Å². The van der Waals surface area contributed by atoms with Crippen LogP contribution in [0.2, 0.25) is 0 Å². The van der Waals surface area contributed by atoms with Crippen LogP contribution in [0.5, 0.6) is 0 Å². The van der Waals surface area contributed by atoms with E-state index in [0.29, 0.717) is 25.7 Å². The molecule has 3 aliphatic rings. The Hall–Kier alpha value is -2.53. The maximum absolute atomic E-state index is 13.3. The Morgan fingerprint density at radius 3 is 1.70 bits per heavy atom. The molecule has 5 amide bonds. The third-order valence-electron chi connectivity index (χ3n) is 6.19. The summed E-state index contributed by atoms with van der Waals surface area (Å²) in [5.74, 6) is -5.36. The van der Waals surface area contributed by atoms with Crippen molar-refractivity contribution in [2.75, 3.05) is 6.54 Å². The molecule has 2 saturated carbocycles. The number of nitrogens with one attached hydrogen (secondary N) is 1. The monoisotopic (exact) mass is 425 g/mol. The minimum atomic E-state index is -3.04. The molecular weight excluding hydrogens is 398 g/mol. The van der Waals surface area contributed by atoms with Crippen molar-refractivity contribution < 1.29 is 39.2 Å². The number of hydrogen-bond donors (Lipinski definition) is 3. The maximum atomic E-state index is 13.3. The van der Waals surface area contributed by atoms with Gasteiger partial charge in [-0.25, -0.2) is 14.9 Å². The predicted octanol–water partition coefficient (Wildman–Crippen LogP) is 0.872. The summed E-state index contributed by atoms with van der Waals surface area (Å²) in [6.45, 7) is -0.884. The topological polar surface area (TPSA) is 154 Å². The molecule has 2 aliphatic carbocycles. The molecule has 1 saturated heterocycles. The summed E-state index contributed by atoms with van der Waals surface area (Å²) < 4.78 is 0. The highest BCUT2D eigenvalue weighted by Crippen LogP contribution is 2.35. The highest BCUT2D eigenvalue weighted by Gasteiger charge is 2.66. The summed E-state index contributed by atoms with van der Waals surface area (Å²) in [5.41, 5.74) is -3.04. The van der Waals surface area contributed by atoms with Crippen molar-refractivity contribution in [3.63, 3.8) is 0 Å². The molecule has 3 N–H and O–H groups in total. The van der Waals surface area contributed by atoms with Crippen molar-refractivity contribution in [2.45, 2.75) is 81.9 Å². The molecule has 11 nitrogen and oxygen atoms in total. The molecule has 1 heterocycles. The third-order valence-corrected chi connectivity index (χ3v) is 6.19. The summed E-state index contributed by atoms with van der Waals surface area (Å²) in [4.78, 5) is 69.4. The first-order valence-electron chi connectivity index (χ1n) is 10.4. The number of amides is 5. The van der Waals surface area contributed by atoms with Gasteiger partial charge < -0.3 is 10.4 Å². The lowest BCUT2D eigenvalue weighted by Gasteiger charge is -2.47. The Kier molecular flexibility index (Phi) is 6.71. The Morgan fingerprint density at radius 2 is 1.33 bits per heavy atom. The minimum absolute atomic E-state index is 0.516. The lowest BCUT2D eigenvalue weighted by molar-refractivity contribution is -0.300. The summed E-state index contributed by atoms with van der Waals surface area (Å²) in [7, 11) is 0. The van der Waals surface area contributed by atoms with Gasteiger partial charge in [0.1, 0.15) is 6.54 Å². The largest absolute Gasteiger partial charge is 0.480 e. The molecule has 30 heavy (non-hydrogen) atoms. The summed E-state index contributed by atoms with van der Waals surface area (Å²) >= 11 is 0. The van der Waals surface area contributed by atoms with E-state index in [2.05, 4.69) is 4.89 Å². The van der Waals surface area contributed by atoms with E-state index in [1.54, 1.807) is 0 Å². The highest BCUT2D eigenvalue weighted by molar-refractivity contribution is 6.33. The zero-order valence-corrected chi connectivity index (χ0v) is 16.7. The van der Waals surface area contributed by atoms with Crippen LogP contribution in [-0.2, 0) is 24.1 Å². The Balaban J connectivity index is 2.03. The van der Waals surface area contributed by atoms with Crippen molar-refractivity contribution in [1.82, 2.24) is 15.1 Å². The van der Waals surface area contributed by atoms with E-state index in [1.807, 2.05) is 5.32 Å². The van der Waals surface area contributed by atoms with Crippen LogP contribution >= 0.6 is 0 Å². The molecule has 0 spiro atoms. The lowest BCUT2D eigenvalue weighted by atomic mass is 9.87. The fraction of sp³-hybridized carbons (Fsp3) is 0.737. The first kappa shape index (κ1) is 22.2. The normalized spacial score (nSPS) is 23.6. The van der Waals surface area contributed by atoms with Crippen molar-refractivity contribution in [3.05, 3.63) is 0 Å². The second-order valence-corrected chi connectivity index (χ2v) is 8.07. The number of barbiturate groups is 1. The Morgan fingerprint density at radius 1 is 0.900 bits per heavy atom. The minimum Gasteiger partial charge on any atom is -0.480 e. The molecular formula is C19H27N3O8. The molecule has 0 aromatic heterocycles. The van der Waals surface area contributed by atoms with Crippen LogP contribution in [0.4, 0.5) is 4.79 Å². The van der Waals surface area contributed by atoms with E-state index >= 15 is 0 Å². The fourth-order valence-corrected chi connectivity index (χ4v) is 4.64. The molecule has 11 heteroatoms. The number of urea groups is 1. The Labute approximate surface area is 173 Å². The van der Waals surface area contributed by atoms with Gasteiger partial charge in [-0.15, -0.1) is 0 Å². The molecule has 0 bridgehead atoms. The summed E-state index contributed by atoms with van der Waals surface area (Å²) in [6.07, 6.45) is 7.05. The quantitative estimate of drug-likeness (QED) is 0.322. The molecule has 3 rings (SSSR count). The molecule has 0 aromatic rings. The molecule has 0 atom stereocenters. The number of carboxylic acids is 1. The zero-order valence-electron chi connectivity index (χ0n) is 16.7. The van der Waals surface area contributed by atoms with E-state index < -0.39 is 54.0 Å². The molecule has 0 radical (unpaired) electrons. The smallest absolute Gasteiger partial charge is 0.336 e. The van der Waals surface area contributed by atoms with Gasteiger partial charge in [-0.1, -0.05) is 38.5 Å². The number of carboxylic acid groups (broad SMARTS) is 1. The average Bonchev–Trinajstić information content (AvgIpc) is 2.74. The van der Waals surface area contributed by atoms with Crippen LogP contribution in [0, 0.1) is 0 Å². The maximum Gasteiger partial charge on any atom is 0.336 e. The van der Waals surface area contributed by atoms with Crippen LogP contribution in [0.3, 0.4) is 0 Å². The van der Waals surface area contributed by atoms with Gasteiger partial charge in [0.2, 0.25) is 0 Å². The van der Waals surface area contributed by atoms with E-state index in [4.69, 9.17) is 5.11 Å². The predicted molar refractivity (Wildman–Crippen MR) is 99.9 cm³/mol. The van der Waals surface area contributed by atoms with Gasteiger partial charge in [-0.2, -0.15) is 0 Å². The molecule has 3 fully saturated rings. The Bertz CT molecular complexity index is 687. The number of imide groups is 2. The van der Waals surface area contributed by atoms with Gasteiger partial charge in [0.15, 0.2) is 0 Å². The second-order valence-electron chi connectivity index (χ2n) is 8.07. The van der Waals surface area contributed by atoms with Crippen LogP contribution in [-0.4, -0.2) is 74.1 Å². The first-order chi connectivity index (χ1) is 14.3. The third kappa shape index (κ3) is 3.79. The molecule has 0 aromatic carbocycles. The van der Waals surface area contributed by atoms with Crippen LogP contribution in [0.25, 0.3) is 0 Å². The average molecular weight is 425 g/mol. The van der Waals surface area contributed by atoms with Crippen molar-refractivity contribution in [1.29, 1.82) is 0 Å². The SMILES string of the molecule is O=C(O)CNC(=O)C1(OO)C(=O)N(C2CCCCC2)C(=O)N(C2CCCCC2)C1=O. The number of nitrogens with zero attached hydrogens (tertiary/aromatic N) is 2. The lowest BCUT2D eigenvalue weighted by Crippen LogP contribution is -2.76. The van der Waals surface area contributed by atoms with Crippen molar-refractivity contribution in [3.8, 4) is 0 Å². The van der Waals surface area contributed by atoms with Crippen molar-refractivity contribution in [2.24, 2.45) is 0 Å². The number of hydrogen-bond acceptors (Lipinski definition) is 7. The number of carbonyl (C=O) groups excluding carboxylic acids is 4. The van der Waals surface area contributed by atoms with Gasteiger partial charge in [-0.05, 0) is 25.7 Å². The van der Waals surface area contributed by atoms with Gasteiger partial charge in [0.05, 0.1) is 0 Å². The second kappa shape index (κ2) is 9.09. The van der Waals surface area contributed by atoms with Gasteiger partial charge in [0.25, 0.3) is 17.7 Å². The fourth-order valence-electron chi connectivity index (χ4n) is 4.64. The van der Waals surface area contributed by atoms with E-state index in [9.17, 15) is 29.2 Å². The van der Waals surface area contributed by atoms with Gasteiger partial charge >= 0.3 is 17.6 Å². The summed E-state index contributed by atoms with van der Waals surface area (Å²) in [6, 6.07) is -1.86. The summed E-state index contributed by atoms with van der Waals surface area (Å²) in [5, 5.41) is 20.4. The number of carbonyl (C=O) groups is 5. The highest BCUT2D eigenvalue weighted by atomic mass is 17.1. The standard InChI is InChI=1S/C19H27N3O8/c23-14(24)11-20-15(25)19(30-29)16(26)21(12-7-3-1-4-8-12)18(28)22(17(19)27)13-9-5-2-6-10-13/h12-13,29H,1-11H2,(H,20,25)(H,23,24).